The summed E-state index contributed by atoms with van der Waals surface area (Å²) in [5, 5.41) is 12.1. The molecule has 1 aromatic carbocycles. The van der Waals surface area contributed by atoms with E-state index in [1.54, 1.807) is 24.4 Å². The second-order valence-corrected chi connectivity index (χ2v) is 5.40. The van der Waals surface area contributed by atoms with E-state index in [1.165, 1.54) is 6.07 Å². The third-order valence-corrected chi connectivity index (χ3v) is 3.93. The van der Waals surface area contributed by atoms with E-state index < -0.39 is 0 Å². The Labute approximate surface area is 129 Å². The van der Waals surface area contributed by atoms with Crippen molar-refractivity contribution in [2.24, 2.45) is 0 Å². The highest BCUT2D eigenvalue weighted by Gasteiger charge is 2.20. The van der Waals surface area contributed by atoms with E-state index in [4.69, 9.17) is 5.26 Å². The average Bonchev–Trinajstić information content (AvgIpc) is 2.58. The Morgan fingerprint density at radius 1 is 1.18 bits per heavy atom. The first-order valence-electron chi connectivity index (χ1n) is 7.38. The summed E-state index contributed by atoms with van der Waals surface area (Å²) in [6.07, 6.45) is 3.45. The number of pyridine rings is 1. The van der Waals surface area contributed by atoms with Crippen LogP contribution in [0.3, 0.4) is 0 Å². The molecule has 0 aliphatic carbocycles. The van der Waals surface area contributed by atoms with Gasteiger partial charge < -0.3 is 10.2 Å². The molecule has 0 radical (unpaired) electrons. The molecule has 0 atom stereocenters. The molecule has 1 fully saturated rings. The second kappa shape index (κ2) is 6.44. The lowest BCUT2D eigenvalue weighted by Crippen LogP contribution is -2.39. The van der Waals surface area contributed by atoms with Gasteiger partial charge in [-0.25, -0.2) is 9.37 Å². The number of nitrogens with one attached hydrogen (secondary N) is 1. The van der Waals surface area contributed by atoms with Gasteiger partial charge in [0, 0.05) is 25.3 Å². The number of hydrogen-bond acceptors (Lipinski definition) is 4. The average molecular weight is 296 g/mol. The summed E-state index contributed by atoms with van der Waals surface area (Å²) in [5.41, 5.74) is 1.14. The Morgan fingerprint density at radius 3 is 2.59 bits per heavy atom. The van der Waals surface area contributed by atoms with Crippen molar-refractivity contribution in [3.05, 3.63) is 54.0 Å². The van der Waals surface area contributed by atoms with E-state index in [0.717, 1.165) is 31.7 Å². The lowest BCUT2D eigenvalue weighted by Gasteiger charge is -2.33. The molecule has 0 spiro atoms. The third-order valence-electron chi connectivity index (χ3n) is 3.93. The molecule has 5 heteroatoms. The summed E-state index contributed by atoms with van der Waals surface area (Å²) in [6.45, 7) is 1.73. The van der Waals surface area contributed by atoms with Crippen LogP contribution < -0.4 is 10.2 Å². The van der Waals surface area contributed by atoms with Crippen molar-refractivity contribution in [3.63, 3.8) is 0 Å². The molecule has 0 unspecified atom stereocenters. The Balaban J connectivity index is 1.58. The highest BCUT2D eigenvalue weighted by Crippen LogP contribution is 2.22. The lowest BCUT2D eigenvalue weighted by molar-refractivity contribution is 0.519. The van der Waals surface area contributed by atoms with Gasteiger partial charge in [0.05, 0.1) is 11.3 Å². The van der Waals surface area contributed by atoms with Gasteiger partial charge in [-0.05, 0) is 37.1 Å². The fraction of sp³-hybridized carbons (Fsp3) is 0.294. The van der Waals surface area contributed by atoms with Crippen LogP contribution in [0, 0.1) is 17.1 Å². The van der Waals surface area contributed by atoms with Crippen molar-refractivity contribution >= 4 is 11.5 Å². The molecule has 0 amide bonds. The smallest absolute Gasteiger partial charge is 0.146 e. The Kier molecular flexibility index (Phi) is 4.19. The number of benzene rings is 1. The molecule has 1 aromatic heterocycles. The number of anilines is 2. The first-order valence-corrected chi connectivity index (χ1v) is 7.38. The standard InChI is InChI=1S/C17H17FN4/c18-15-3-1-2-4-16(15)21-14-7-9-22(10-8-14)17-6-5-13(11-19)12-20-17/h1-6,12,14,21H,7-10H2. The maximum absolute atomic E-state index is 13.6. The van der Waals surface area contributed by atoms with Gasteiger partial charge in [0.25, 0.3) is 0 Å². The first-order chi connectivity index (χ1) is 10.8. The SMILES string of the molecule is N#Cc1ccc(N2CCC(Nc3ccccc3F)CC2)nc1. The predicted molar refractivity (Wildman–Crippen MR) is 84.2 cm³/mol. The van der Waals surface area contributed by atoms with Crippen LogP contribution >= 0.6 is 0 Å². The predicted octanol–water partition coefficient (Wildman–Crippen LogP) is 3.17. The Hall–Kier alpha value is -2.61. The summed E-state index contributed by atoms with van der Waals surface area (Å²) in [6, 6.07) is 12.8. The zero-order valence-electron chi connectivity index (χ0n) is 12.2. The third kappa shape index (κ3) is 3.17. The maximum Gasteiger partial charge on any atom is 0.146 e. The molecule has 0 bridgehead atoms. The highest BCUT2D eigenvalue weighted by molar-refractivity contribution is 5.46. The van der Waals surface area contributed by atoms with Gasteiger partial charge in [-0.2, -0.15) is 5.26 Å². The number of piperidine rings is 1. The number of rotatable bonds is 3. The molecule has 112 valence electrons. The lowest BCUT2D eigenvalue weighted by atomic mass is 10.0. The Bertz CT molecular complexity index is 670. The number of nitriles is 1. The van der Waals surface area contributed by atoms with Crippen LogP contribution in [0.1, 0.15) is 18.4 Å². The van der Waals surface area contributed by atoms with Crippen molar-refractivity contribution in [2.45, 2.75) is 18.9 Å². The number of halogens is 1. The Morgan fingerprint density at radius 2 is 1.95 bits per heavy atom. The molecule has 1 aliphatic rings. The number of aromatic nitrogens is 1. The maximum atomic E-state index is 13.6. The molecule has 2 aromatic rings. The summed E-state index contributed by atoms with van der Waals surface area (Å²) >= 11 is 0. The van der Waals surface area contributed by atoms with Crippen LogP contribution in [0.2, 0.25) is 0 Å². The molecule has 1 aliphatic heterocycles. The second-order valence-electron chi connectivity index (χ2n) is 5.40. The summed E-state index contributed by atoms with van der Waals surface area (Å²) in [7, 11) is 0. The van der Waals surface area contributed by atoms with Gasteiger partial charge in [0.15, 0.2) is 0 Å². The first kappa shape index (κ1) is 14.3. The van der Waals surface area contributed by atoms with Gasteiger partial charge >= 0.3 is 0 Å². The van der Waals surface area contributed by atoms with E-state index in [-0.39, 0.29) is 11.9 Å². The van der Waals surface area contributed by atoms with Crippen molar-refractivity contribution in [3.8, 4) is 6.07 Å². The van der Waals surface area contributed by atoms with Crippen LogP contribution in [0.15, 0.2) is 42.6 Å². The summed E-state index contributed by atoms with van der Waals surface area (Å²) < 4.78 is 13.6. The van der Waals surface area contributed by atoms with E-state index in [9.17, 15) is 4.39 Å². The van der Waals surface area contributed by atoms with Crippen molar-refractivity contribution in [1.29, 1.82) is 5.26 Å². The van der Waals surface area contributed by atoms with Gasteiger partial charge in [-0.3, -0.25) is 0 Å². The molecular formula is C17H17FN4. The quantitative estimate of drug-likeness (QED) is 0.945. The van der Waals surface area contributed by atoms with Crippen LogP contribution in [0.5, 0.6) is 0 Å². The van der Waals surface area contributed by atoms with Crippen molar-refractivity contribution < 1.29 is 4.39 Å². The zero-order valence-corrected chi connectivity index (χ0v) is 12.2. The number of nitrogens with zero attached hydrogens (tertiary/aromatic N) is 3. The van der Waals surface area contributed by atoms with E-state index in [0.29, 0.717) is 11.3 Å². The minimum absolute atomic E-state index is 0.210. The summed E-state index contributed by atoms with van der Waals surface area (Å²) in [4.78, 5) is 6.51. The molecule has 22 heavy (non-hydrogen) atoms. The molecule has 0 saturated carbocycles. The minimum atomic E-state index is -0.210. The van der Waals surface area contributed by atoms with Crippen LogP contribution in [-0.4, -0.2) is 24.1 Å². The summed E-state index contributed by atoms with van der Waals surface area (Å²) in [5.74, 6) is 0.682. The van der Waals surface area contributed by atoms with E-state index in [1.807, 2.05) is 12.1 Å². The minimum Gasteiger partial charge on any atom is -0.380 e. The van der Waals surface area contributed by atoms with Crippen LogP contribution in [-0.2, 0) is 0 Å². The number of para-hydroxylation sites is 1. The molecule has 3 rings (SSSR count). The normalized spacial score (nSPS) is 15.4. The molecule has 2 heterocycles. The molecule has 4 nitrogen and oxygen atoms in total. The molecule has 1 saturated heterocycles. The number of hydrogen-bond donors (Lipinski definition) is 1. The van der Waals surface area contributed by atoms with Gasteiger partial charge in [0.1, 0.15) is 17.7 Å². The van der Waals surface area contributed by atoms with Gasteiger partial charge in [0.2, 0.25) is 0 Å². The largest absolute Gasteiger partial charge is 0.380 e. The topological polar surface area (TPSA) is 52.0 Å². The monoisotopic (exact) mass is 296 g/mol. The molecular weight excluding hydrogens is 279 g/mol. The van der Waals surface area contributed by atoms with E-state index >= 15 is 0 Å². The van der Waals surface area contributed by atoms with Gasteiger partial charge in [-0.1, -0.05) is 12.1 Å². The van der Waals surface area contributed by atoms with Crippen LogP contribution in [0.25, 0.3) is 0 Å². The highest BCUT2D eigenvalue weighted by atomic mass is 19.1. The fourth-order valence-electron chi connectivity index (χ4n) is 2.69. The van der Waals surface area contributed by atoms with E-state index in [2.05, 4.69) is 21.3 Å². The van der Waals surface area contributed by atoms with Gasteiger partial charge in [-0.15, -0.1) is 0 Å². The van der Waals surface area contributed by atoms with Crippen LogP contribution in [0.4, 0.5) is 15.9 Å². The van der Waals surface area contributed by atoms with Crippen molar-refractivity contribution in [1.82, 2.24) is 4.98 Å². The fourth-order valence-corrected chi connectivity index (χ4v) is 2.69. The molecule has 1 N–H and O–H groups in total. The zero-order chi connectivity index (χ0) is 15.4. The van der Waals surface area contributed by atoms with Crippen molar-refractivity contribution in [2.75, 3.05) is 23.3 Å².